The minimum atomic E-state index is -0.0589. The fourth-order valence-electron chi connectivity index (χ4n) is 2.48. The van der Waals surface area contributed by atoms with Crippen LogP contribution in [0.5, 0.6) is 0 Å². The van der Waals surface area contributed by atoms with E-state index in [-0.39, 0.29) is 5.91 Å². The lowest BCUT2D eigenvalue weighted by molar-refractivity contribution is -0.113. The van der Waals surface area contributed by atoms with E-state index in [9.17, 15) is 4.79 Å². The molecule has 24 heavy (non-hydrogen) atoms. The van der Waals surface area contributed by atoms with Gasteiger partial charge in [0.05, 0.1) is 10.6 Å². The first-order valence-corrected chi connectivity index (χ1v) is 8.86. The minimum Gasteiger partial charge on any atom is -0.268 e. The van der Waals surface area contributed by atoms with Gasteiger partial charge in [-0.1, -0.05) is 78.6 Å². The Balaban J connectivity index is 1.85. The highest BCUT2D eigenvalue weighted by Gasteiger charge is 2.33. The maximum Gasteiger partial charge on any atom is 0.270 e. The minimum absolute atomic E-state index is 0.0589. The number of amides is 1. The van der Waals surface area contributed by atoms with Crippen molar-refractivity contribution in [2.45, 2.75) is 13.8 Å². The zero-order valence-electron chi connectivity index (χ0n) is 13.5. The van der Waals surface area contributed by atoms with Crippen molar-refractivity contribution in [3.05, 3.63) is 82.3 Å². The number of rotatable bonds is 3. The lowest BCUT2D eigenvalue weighted by atomic mass is 10.1. The third-order valence-corrected chi connectivity index (χ3v) is 5.27. The first kappa shape index (κ1) is 16.7. The molecule has 2 aromatic rings. The Morgan fingerprint density at radius 2 is 1.79 bits per heavy atom. The Bertz CT molecular complexity index is 853. The Morgan fingerprint density at radius 1 is 1.04 bits per heavy atom. The summed E-state index contributed by atoms with van der Waals surface area (Å²) in [5.41, 5.74) is 4.19. The van der Waals surface area contributed by atoms with Crippen LogP contribution < -0.4 is 4.90 Å². The number of carbonyl (C=O) groups excluding carboxylic acids is 1. The van der Waals surface area contributed by atoms with Crippen LogP contribution in [0.1, 0.15) is 16.7 Å². The maximum absolute atomic E-state index is 12.7. The zero-order chi connectivity index (χ0) is 17.1. The molecule has 2 nitrogen and oxygen atoms in total. The summed E-state index contributed by atoms with van der Waals surface area (Å²) in [6, 6.07) is 15.9. The van der Waals surface area contributed by atoms with E-state index in [1.54, 1.807) is 4.90 Å². The van der Waals surface area contributed by atoms with Crippen LogP contribution in [-0.4, -0.2) is 10.2 Å². The Labute approximate surface area is 151 Å². The second-order valence-corrected chi connectivity index (χ2v) is 7.20. The highest BCUT2D eigenvalue weighted by atomic mass is 32.2. The summed E-state index contributed by atoms with van der Waals surface area (Å²) in [5.74, 6) is -0.0589. The standard InChI is InChI=1S/C20H17NOS2/c1-14-8-6-12-17(15(14)2)21-19(22)18(24-20(21)23)13-7-11-16-9-4-3-5-10-16/h3-13H,1-2H3. The lowest BCUT2D eigenvalue weighted by Crippen LogP contribution is -2.28. The van der Waals surface area contributed by atoms with Crippen molar-refractivity contribution in [2.75, 3.05) is 4.90 Å². The predicted octanol–water partition coefficient (Wildman–Crippen LogP) is 5.27. The Hall–Kier alpha value is -2.17. The third-order valence-electron chi connectivity index (χ3n) is 3.95. The molecule has 1 amide bonds. The summed E-state index contributed by atoms with van der Waals surface area (Å²) >= 11 is 6.77. The van der Waals surface area contributed by atoms with Crippen molar-refractivity contribution in [1.82, 2.24) is 0 Å². The number of benzene rings is 2. The molecule has 1 aliphatic rings. The van der Waals surface area contributed by atoms with Crippen molar-refractivity contribution in [1.29, 1.82) is 0 Å². The van der Waals surface area contributed by atoms with Gasteiger partial charge in [-0.15, -0.1) is 0 Å². The SMILES string of the molecule is Cc1cccc(N2C(=O)C(=CC=Cc3ccccc3)SC2=S)c1C. The molecule has 0 unspecified atom stereocenters. The fourth-order valence-corrected chi connectivity index (χ4v) is 3.71. The molecule has 3 rings (SSSR count). The van der Waals surface area contributed by atoms with E-state index in [2.05, 4.69) is 0 Å². The first-order valence-electron chi connectivity index (χ1n) is 7.64. The summed E-state index contributed by atoms with van der Waals surface area (Å²) in [7, 11) is 0. The molecule has 0 atom stereocenters. The molecule has 4 heteroatoms. The number of aryl methyl sites for hydroxylation is 1. The number of nitrogens with zero attached hydrogens (tertiary/aromatic N) is 1. The zero-order valence-corrected chi connectivity index (χ0v) is 15.2. The van der Waals surface area contributed by atoms with Crippen molar-refractivity contribution >= 4 is 46.0 Å². The predicted molar refractivity (Wildman–Crippen MR) is 107 cm³/mol. The monoisotopic (exact) mass is 351 g/mol. The van der Waals surface area contributed by atoms with Gasteiger partial charge in [-0.2, -0.15) is 0 Å². The van der Waals surface area contributed by atoms with Gasteiger partial charge in [0.15, 0.2) is 4.32 Å². The van der Waals surface area contributed by atoms with Crippen LogP contribution >= 0.6 is 24.0 Å². The van der Waals surface area contributed by atoms with Gasteiger partial charge in [-0.25, -0.2) is 0 Å². The largest absolute Gasteiger partial charge is 0.270 e. The van der Waals surface area contributed by atoms with Crippen molar-refractivity contribution in [3.8, 4) is 0 Å². The number of thioether (sulfide) groups is 1. The molecule has 1 aliphatic heterocycles. The van der Waals surface area contributed by atoms with E-state index >= 15 is 0 Å². The molecule has 0 aromatic heterocycles. The fraction of sp³-hybridized carbons (Fsp3) is 0.100. The average molecular weight is 351 g/mol. The van der Waals surface area contributed by atoms with Crippen LogP contribution in [0.4, 0.5) is 5.69 Å². The van der Waals surface area contributed by atoms with Crippen LogP contribution in [0.25, 0.3) is 6.08 Å². The molecular formula is C20H17NOS2. The first-order chi connectivity index (χ1) is 11.6. The normalized spacial score (nSPS) is 16.6. The molecule has 0 N–H and O–H groups in total. The van der Waals surface area contributed by atoms with Gasteiger partial charge in [0.2, 0.25) is 0 Å². The Morgan fingerprint density at radius 3 is 2.54 bits per heavy atom. The van der Waals surface area contributed by atoms with Gasteiger partial charge in [-0.3, -0.25) is 9.69 Å². The van der Waals surface area contributed by atoms with E-state index in [1.807, 2.05) is 80.6 Å². The van der Waals surface area contributed by atoms with E-state index < -0.39 is 0 Å². The van der Waals surface area contributed by atoms with E-state index in [0.717, 1.165) is 22.4 Å². The summed E-state index contributed by atoms with van der Waals surface area (Å²) in [4.78, 5) is 15.0. The molecule has 0 aliphatic carbocycles. The van der Waals surface area contributed by atoms with Gasteiger partial charge in [0.1, 0.15) is 0 Å². The quantitative estimate of drug-likeness (QED) is 0.555. The molecule has 0 bridgehead atoms. The highest BCUT2D eigenvalue weighted by molar-refractivity contribution is 8.27. The summed E-state index contributed by atoms with van der Waals surface area (Å²) < 4.78 is 0.577. The summed E-state index contributed by atoms with van der Waals surface area (Å²) in [6.07, 6.45) is 5.70. The van der Waals surface area contributed by atoms with Crippen molar-refractivity contribution in [2.24, 2.45) is 0 Å². The number of hydrogen-bond donors (Lipinski definition) is 0. The lowest BCUT2D eigenvalue weighted by Gasteiger charge is -2.18. The van der Waals surface area contributed by atoms with Crippen molar-refractivity contribution in [3.63, 3.8) is 0 Å². The maximum atomic E-state index is 12.7. The number of hydrogen-bond acceptors (Lipinski definition) is 3. The van der Waals surface area contributed by atoms with Gasteiger partial charge in [0, 0.05) is 0 Å². The van der Waals surface area contributed by atoms with Gasteiger partial charge in [-0.05, 0) is 42.7 Å². The molecule has 0 radical (unpaired) electrons. The van der Waals surface area contributed by atoms with Crippen LogP contribution in [0.15, 0.2) is 65.6 Å². The van der Waals surface area contributed by atoms with E-state index in [1.165, 1.54) is 11.8 Å². The second-order valence-electron chi connectivity index (χ2n) is 5.53. The number of anilines is 1. The van der Waals surface area contributed by atoms with Gasteiger partial charge < -0.3 is 0 Å². The summed E-state index contributed by atoms with van der Waals surface area (Å²) in [5, 5.41) is 0. The number of thiocarbonyl (C=S) groups is 1. The number of carbonyl (C=O) groups is 1. The van der Waals surface area contributed by atoms with Crippen LogP contribution in [-0.2, 0) is 4.79 Å². The van der Waals surface area contributed by atoms with Crippen LogP contribution in [0.3, 0.4) is 0 Å². The second kappa shape index (κ2) is 7.16. The average Bonchev–Trinajstić information content (AvgIpc) is 2.86. The third kappa shape index (κ3) is 3.35. The molecule has 1 saturated heterocycles. The smallest absolute Gasteiger partial charge is 0.268 e. The van der Waals surface area contributed by atoms with Gasteiger partial charge >= 0.3 is 0 Å². The molecule has 1 heterocycles. The molecule has 120 valence electrons. The van der Waals surface area contributed by atoms with Crippen LogP contribution in [0.2, 0.25) is 0 Å². The molecular weight excluding hydrogens is 334 g/mol. The number of allylic oxidation sites excluding steroid dienone is 2. The van der Waals surface area contributed by atoms with E-state index in [4.69, 9.17) is 12.2 Å². The topological polar surface area (TPSA) is 20.3 Å². The molecule has 0 saturated carbocycles. The van der Waals surface area contributed by atoms with E-state index in [0.29, 0.717) is 9.23 Å². The van der Waals surface area contributed by atoms with Crippen LogP contribution in [0, 0.1) is 13.8 Å². The molecule has 1 fully saturated rings. The summed E-state index contributed by atoms with van der Waals surface area (Å²) in [6.45, 7) is 4.05. The highest BCUT2D eigenvalue weighted by Crippen LogP contribution is 2.36. The molecule has 2 aromatic carbocycles. The van der Waals surface area contributed by atoms with Crippen molar-refractivity contribution < 1.29 is 4.79 Å². The Kier molecular flexibility index (Phi) is 4.97. The van der Waals surface area contributed by atoms with Gasteiger partial charge in [0.25, 0.3) is 5.91 Å². The molecule has 0 spiro atoms.